The number of aromatic nitrogens is 1. The number of anilines is 2. The van der Waals surface area contributed by atoms with Crippen LogP contribution in [0.3, 0.4) is 0 Å². The van der Waals surface area contributed by atoms with Crippen molar-refractivity contribution in [3.63, 3.8) is 0 Å². The summed E-state index contributed by atoms with van der Waals surface area (Å²) in [6, 6.07) is 8.35. The minimum Gasteiger partial charge on any atom is -0.497 e. The van der Waals surface area contributed by atoms with Crippen molar-refractivity contribution >= 4 is 33.4 Å². The van der Waals surface area contributed by atoms with Gasteiger partial charge < -0.3 is 15.2 Å². The van der Waals surface area contributed by atoms with Crippen molar-refractivity contribution in [2.75, 3.05) is 12.4 Å². The maximum absolute atomic E-state index is 10.9. The second-order valence-electron chi connectivity index (χ2n) is 3.71. The summed E-state index contributed by atoms with van der Waals surface area (Å²) >= 11 is 3.40. The van der Waals surface area contributed by atoms with Crippen LogP contribution in [-0.4, -0.2) is 23.2 Å². The van der Waals surface area contributed by atoms with Crippen LogP contribution >= 0.6 is 15.9 Å². The number of carboxylic acid groups (broad SMARTS) is 1. The van der Waals surface area contributed by atoms with E-state index in [0.717, 1.165) is 10.2 Å². The number of ether oxygens (including phenoxy) is 1. The molecule has 0 bridgehead atoms. The first-order chi connectivity index (χ1) is 9.10. The van der Waals surface area contributed by atoms with Gasteiger partial charge in [0.15, 0.2) is 0 Å². The van der Waals surface area contributed by atoms with E-state index < -0.39 is 5.97 Å². The molecule has 0 saturated heterocycles. The third-order valence-electron chi connectivity index (χ3n) is 2.44. The Hall–Kier alpha value is -2.08. The molecule has 2 aromatic rings. The van der Waals surface area contributed by atoms with Gasteiger partial charge in [-0.25, -0.2) is 9.78 Å². The number of benzene rings is 1. The molecule has 5 nitrogen and oxygen atoms in total. The van der Waals surface area contributed by atoms with Gasteiger partial charge >= 0.3 is 5.97 Å². The lowest BCUT2D eigenvalue weighted by molar-refractivity contribution is 0.0697. The molecule has 98 valence electrons. The van der Waals surface area contributed by atoms with E-state index in [9.17, 15) is 4.79 Å². The van der Waals surface area contributed by atoms with Crippen LogP contribution in [0.25, 0.3) is 0 Å². The molecule has 0 aliphatic heterocycles. The standard InChI is InChI=1S/C13H11BrN2O3/c1-19-9-2-3-10(14)11(7-9)16-12-6-8(13(17)18)4-5-15-12/h2-7H,1H3,(H,15,16)(H,17,18). The quantitative estimate of drug-likeness (QED) is 0.903. The van der Waals surface area contributed by atoms with Gasteiger partial charge in [0.05, 0.1) is 18.4 Å². The number of hydrogen-bond donors (Lipinski definition) is 2. The normalized spacial score (nSPS) is 10.0. The summed E-state index contributed by atoms with van der Waals surface area (Å²) in [7, 11) is 1.58. The summed E-state index contributed by atoms with van der Waals surface area (Å²) in [6.45, 7) is 0. The van der Waals surface area contributed by atoms with E-state index >= 15 is 0 Å². The first-order valence-electron chi connectivity index (χ1n) is 5.40. The molecule has 1 heterocycles. The van der Waals surface area contributed by atoms with Crippen LogP contribution in [0.5, 0.6) is 5.75 Å². The third-order valence-corrected chi connectivity index (χ3v) is 3.13. The Kier molecular flexibility index (Phi) is 4.01. The number of carbonyl (C=O) groups is 1. The Morgan fingerprint density at radius 3 is 2.84 bits per heavy atom. The van der Waals surface area contributed by atoms with Crippen molar-refractivity contribution in [2.24, 2.45) is 0 Å². The number of methoxy groups -OCH3 is 1. The van der Waals surface area contributed by atoms with Crippen molar-refractivity contribution < 1.29 is 14.6 Å². The van der Waals surface area contributed by atoms with Gasteiger partial charge in [-0.15, -0.1) is 0 Å². The number of carboxylic acids is 1. The highest BCUT2D eigenvalue weighted by atomic mass is 79.9. The van der Waals surface area contributed by atoms with E-state index in [0.29, 0.717) is 11.6 Å². The summed E-state index contributed by atoms with van der Waals surface area (Å²) in [5, 5.41) is 12.0. The van der Waals surface area contributed by atoms with Gasteiger partial charge in [0.1, 0.15) is 11.6 Å². The number of hydrogen-bond acceptors (Lipinski definition) is 4. The first kappa shape index (κ1) is 13.4. The summed E-state index contributed by atoms with van der Waals surface area (Å²) in [5.74, 6) is 0.157. The molecular weight excluding hydrogens is 312 g/mol. The van der Waals surface area contributed by atoms with Gasteiger partial charge in [-0.3, -0.25) is 0 Å². The van der Waals surface area contributed by atoms with Crippen LogP contribution < -0.4 is 10.1 Å². The smallest absolute Gasteiger partial charge is 0.335 e. The summed E-state index contributed by atoms with van der Waals surface area (Å²) in [4.78, 5) is 15.0. The van der Waals surface area contributed by atoms with E-state index in [1.807, 2.05) is 12.1 Å². The van der Waals surface area contributed by atoms with Crippen LogP contribution in [-0.2, 0) is 0 Å². The molecule has 0 spiro atoms. The minimum absolute atomic E-state index is 0.177. The van der Waals surface area contributed by atoms with Gasteiger partial charge in [0.25, 0.3) is 0 Å². The fraction of sp³-hybridized carbons (Fsp3) is 0.0769. The zero-order valence-electron chi connectivity index (χ0n) is 10.1. The molecule has 0 radical (unpaired) electrons. The lowest BCUT2D eigenvalue weighted by Gasteiger charge is -2.10. The summed E-state index contributed by atoms with van der Waals surface area (Å²) < 4.78 is 5.96. The highest BCUT2D eigenvalue weighted by Crippen LogP contribution is 2.29. The maximum atomic E-state index is 10.9. The highest BCUT2D eigenvalue weighted by Gasteiger charge is 2.07. The van der Waals surface area contributed by atoms with Crippen LogP contribution in [0.1, 0.15) is 10.4 Å². The molecule has 0 aliphatic rings. The van der Waals surface area contributed by atoms with Gasteiger partial charge in [-0.1, -0.05) is 0 Å². The average Bonchev–Trinajstić information content (AvgIpc) is 2.41. The highest BCUT2D eigenvalue weighted by molar-refractivity contribution is 9.10. The zero-order chi connectivity index (χ0) is 13.8. The maximum Gasteiger partial charge on any atom is 0.335 e. The molecular formula is C13H11BrN2O3. The van der Waals surface area contributed by atoms with Crippen LogP contribution in [0.4, 0.5) is 11.5 Å². The predicted molar refractivity (Wildman–Crippen MR) is 75.2 cm³/mol. The molecule has 0 saturated carbocycles. The van der Waals surface area contributed by atoms with Crippen molar-refractivity contribution in [3.05, 3.63) is 46.6 Å². The van der Waals surface area contributed by atoms with Gasteiger partial charge in [0.2, 0.25) is 0 Å². The average molecular weight is 323 g/mol. The Morgan fingerprint density at radius 2 is 2.16 bits per heavy atom. The second kappa shape index (κ2) is 5.71. The molecule has 6 heteroatoms. The SMILES string of the molecule is COc1ccc(Br)c(Nc2cc(C(=O)O)ccn2)c1. The summed E-state index contributed by atoms with van der Waals surface area (Å²) in [5.41, 5.74) is 0.922. The molecule has 0 unspecified atom stereocenters. The Balaban J connectivity index is 2.30. The Bertz CT molecular complexity index is 617. The van der Waals surface area contributed by atoms with E-state index in [2.05, 4.69) is 26.2 Å². The second-order valence-corrected chi connectivity index (χ2v) is 4.56. The molecule has 0 atom stereocenters. The Morgan fingerprint density at radius 1 is 1.37 bits per heavy atom. The zero-order valence-corrected chi connectivity index (χ0v) is 11.6. The van der Waals surface area contributed by atoms with E-state index in [1.165, 1.54) is 18.3 Å². The lowest BCUT2D eigenvalue weighted by atomic mass is 10.2. The first-order valence-corrected chi connectivity index (χ1v) is 6.19. The molecule has 1 aromatic carbocycles. The topological polar surface area (TPSA) is 71.5 Å². The van der Waals surface area contributed by atoms with Crippen molar-refractivity contribution in [2.45, 2.75) is 0 Å². The van der Waals surface area contributed by atoms with Crippen molar-refractivity contribution in [3.8, 4) is 5.75 Å². The Labute approximate surface area is 118 Å². The molecule has 19 heavy (non-hydrogen) atoms. The van der Waals surface area contributed by atoms with Gasteiger partial charge in [-0.05, 0) is 40.2 Å². The van der Waals surface area contributed by atoms with Gasteiger partial charge in [0, 0.05) is 16.7 Å². The molecule has 2 rings (SSSR count). The molecule has 0 aliphatic carbocycles. The van der Waals surface area contributed by atoms with E-state index in [1.54, 1.807) is 13.2 Å². The third kappa shape index (κ3) is 3.23. The van der Waals surface area contributed by atoms with Crippen molar-refractivity contribution in [1.29, 1.82) is 0 Å². The number of pyridine rings is 1. The largest absolute Gasteiger partial charge is 0.497 e. The van der Waals surface area contributed by atoms with Crippen LogP contribution in [0.15, 0.2) is 41.0 Å². The number of nitrogens with zero attached hydrogens (tertiary/aromatic N) is 1. The molecule has 2 N–H and O–H groups in total. The predicted octanol–water partition coefficient (Wildman–Crippen LogP) is 3.29. The monoisotopic (exact) mass is 322 g/mol. The number of nitrogens with one attached hydrogen (secondary N) is 1. The minimum atomic E-state index is -0.991. The van der Waals surface area contributed by atoms with Crippen LogP contribution in [0, 0.1) is 0 Å². The van der Waals surface area contributed by atoms with Gasteiger partial charge in [-0.2, -0.15) is 0 Å². The summed E-state index contributed by atoms with van der Waals surface area (Å²) in [6.07, 6.45) is 1.44. The fourth-order valence-corrected chi connectivity index (χ4v) is 1.84. The number of halogens is 1. The number of rotatable bonds is 4. The van der Waals surface area contributed by atoms with E-state index in [4.69, 9.17) is 9.84 Å². The lowest BCUT2D eigenvalue weighted by Crippen LogP contribution is -2.00. The van der Waals surface area contributed by atoms with E-state index in [-0.39, 0.29) is 5.56 Å². The molecule has 1 aromatic heterocycles. The van der Waals surface area contributed by atoms with Crippen molar-refractivity contribution in [1.82, 2.24) is 4.98 Å². The molecule has 0 amide bonds. The van der Waals surface area contributed by atoms with Crippen LogP contribution in [0.2, 0.25) is 0 Å². The number of aromatic carboxylic acids is 1. The fourth-order valence-electron chi connectivity index (χ4n) is 1.50. The molecule has 0 fully saturated rings.